The van der Waals surface area contributed by atoms with Gasteiger partial charge in [0.1, 0.15) is 24.7 Å². The number of nitro groups is 1. The van der Waals surface area contributed by atoms with Crippen LogP contribution in [0, 0.1) is 10.1 Å². The third kappa shape index (κ3) is 24.9. The molecule has 0 heterocycles. The second kappa shape index (κ2) is 31.8. The summed E-state index contributed by atoms with van der Waals surface area (Å²) in [7, 11) is 0. The van der Waals surface area contributed by atoms with Crippen LogP contribution in [-0.4, -0.2) is 150 Å². The van der Waals surface area contributed by atoms with Crippen molar-refractivity contribution in [1.29, 1.82) is 0 Å². The lowest BCUT2D eigenvalue weighted by Crippen LogP contribution is -2.15. The quantitative estimate of drug-likeness (QED) is 0.0471. The number of nitrogen functional groups attached to an aromatic ring is 1. The topological polar surface area (TPSA) is 180 Å². The van der Waals surface area contributed by atoms with Gasteiger partial charge in [0.15, 0.2) is 0 Å². The van der Waals surface area contributed by atoms with Crippen LogP contribution in [0.4, 0.5) is 11.4 Å². The maximum atomic E-state index is 10.6. The molecule has 0 fully saturated rings. The van der Waals surface area contributed by atoms with Gasteiger partial charge in [-0.1, -0.05) is 12.1 Å². The number of non-ortho nitro benzene ring substituents is 1. The van der Waals surface area contributed by atoms with Crippen molar-refractivity contribution >= 4 is 11.4 Å². The van der Waals surface area contributed by atoms with Gasteiger partial charge >= 0.3 is 0 Å². The van der Waals surface area contributed by atoms with Gasteiger partial charge in [0.2, 0.25) is 0 Å². The van der Waals surface area contributed by atoms with E-state index in [-0.39, 0.29) is 5.69 Å². The fourth-order valence-electron chi connectivity index (χ4n) is 3.79. The van der Waals surface area contributed by atoms with E-state index in [0.29, 0.717) is 163 Å². The highest BCUT2D eigenvalue weighted by atomic mass is 16.6. The van der Waals surface area contributed by atoms with Crippen LogP contribution >= 0.6 is 0 Å². The minimum atomic E-state index is -0.453. The molecule has 16 heteroatoms. The molecule has 0 aliphatic rings. The van der Waals surface area contributed by atoms with Gasteiger partial charge < -0.3 is 62.6 Å². The van der Waals surface area contributed by atoms with Gasteiger partial charge in [-0.15, -0.1) is 0 Å². The Balaban J connectivity index is 1.16. The highest BCUT2D eigenvalue weighted by Crippen LogP contribution is 2.19. The molecule has 0 bridgehead atoms. The molecule has 2 N–H and O–H groups in total. The van der Waals surface area contributed by atoms with Crippen LogP contribution in [0.25, 0.3) is 0 Å². The van der Waals surface area contributed by atoms with E-state index in [1.807, 2.05) is 18.2 Å². The Morgan fingerprint density at radius 3 is 1.04 bits per heavy atom. The summed E-state index contributed by atoms with van der Waals surface area (Å²) in [6.07, 6.45) is 0. The summed E-state index contributed by atoms with van der Waals surface area (Å²) in [6, 6.07) is 13.3. The van der Waals surface area contributed by atoms with Gasteiger partial charge in [-0.3, -0.25) is 10.1 Å². The molecule has 0 amide bonds. The Morgan fingerprint density at radius 2 is 0.720 bits per heavy atom. The SMILES string of the molecule is Nc1ccccc1OCCOCCOCCOCCOCCOCCOCCOCCOCCOCCOCCOc1ccc([N+](=O)[O-])cc1. The summed E-state index contributed by atoms with van der Waals surface area (Å²) in [5, 5.41) is 10.6. The molecule has 0 saturated heterocycles. The molecule has 0 aromatic heterocycles. The van der Waals surface area contributed by atoms with Crippen LogP contribution in [0.3, 0.4) is 0 Å². The van der Waals surface area contributed by atoms with E-state index in [0.717, 1.165) is 0 Å². The van der Waals surface area contributed by atoms with Crippen LogP contribution in [0.1, 0.15) is 0 Å². The molecule has 50 heavy (non-hydrogen) atoms. The standard InChI is InChI=1S/C34H54N2O14/c35-33-3-1-2-4-34(33)50-30-28-48-26-24-46-22-20-44-18-16-42-14-12-40-10-9-39-11-13-41-15-17-43-19-21-45-23-25-47-27-29-49-32-7-5-31(6-8-32)36(37)38/h1-8H,9-30,35H2. The number of ether oxygens (including phenoxy) is 12. The molecule has 16 nitrogen and oxygen atoms in total. The first kappa shape index (κ1) is 43.0. The fourth-order valence-corrected chi connectivity index (χ4v) is 3.79. The predicted molar refractivity (Wildman–Crippen MR) is 183 cm³/mol. The number of hydrogen-bond acceptors (Lipinski definition) is 15. The minimum absolute atomic E-state index is 0.0238. The highest BCUT2D eigenvalue weighted by molar-refractivity contribution is 5.51. The van der Waals surface area contributed by atoms with Gasteiger partial charge in [0.05, 0.1) is 143 Å². The second-order valence-corrected chi connectivity index (χ2v) is 10.1. The molecular weight excluding hydrogens is 660 g/mol. The monoisotopic (exact) mass is 714 g/mol. The van der Waals surface area contributed by atoms with E-state index in [1.54, 1.807) is 18.2 Å². The average molecular weight is 715 g/mol. The summed E-state index contributed by atoms with van der Waals surface area (Å²) in [4.78, 5) is 10.2. The van der Waals surface area contributed by atoms with Crippen LogP contribution < -0.4 is 15.2 Å². The van der Waals surface area contributed by atoms with Crippen molar-refractivity contribution < 1.29 is 61.8 Å². The number of nitrogens with two attached hydrogens (primary N) is 1. The Hall–Kier alpha value is -3.16. The molecule has 0 unspecified atom stereocenters. The maximum Gasteiger partial charge on any atom is 0.269 e. The predicted octanol–water partition coefficient (Wildman–Crippen LogP) is 2.80. The lowest BCUT2D eigenvalue weighted by Gasteiger charge is -2.10. The fraction of sp³-hybridized carbons (Fsp3) is 0.647. The molecule has 0 spiro atoms. The molecule has 0 saturated carbocycles. The van der Waals surface area contributed by atoms with E-state index < -0.39 is 4.92 Å². The van der Waals surface area contributed by atoms with Crippen LogP contribution in [0.15, 0.2) is 48.5 Å². The summed E-state index contributed by atoms with van der Waals surface area (Å²) in [5.74, 6) is 1.22. The lowest BCUT2D eigenvalue weighted by molar-refractivity contribution is -0.384. The number of nitrogens with zero attached hydrogens (tertiary/aromatic N) is 1. The lowest BCUT2D eigenvalue weighted by atomic mass is 10.3. The van der Waals surface area contributed by atoms with E-state index in [9.17, 15) is 10.1 Å². The van der Waals surface area contributed by atoms with Gasteiger partial charge in [-0.05, 0) is 24.3 Å². The smallest absolute Gasteiger partial charge is 0.269 e. The zero-order valence-corrected chi connectivity index (χ0v) is 28.9. The summed E-state index contributed by atoms with van der Waals surface area (Å²) < 4.78 is 65.7. The molecule has 0 aliphatic heterocycles. The van der Waals surface area contributed by atoms with E-state index >= 15 is 0 Å². The summed E-state index contributed by atoms with van der Waals surface area (Å²) >= 11 is 0. The Kier molecular flexibility index (Phi) is 27.3. The van der Waals surface area contributed by atoms with E-state index in [2.05, 4.69) is 0 Å². The van der Waals surface area contributed by atoms with Gasteiger partial charge in [-0.25, -0.2) is 0 Å². The number of nitro benzene ring substituents is 1. The minimum Gasteiger partial charge on any atom is -0.491 e. The van der Waals surface area contributed by atoms with Crippen molar-refractivity contribution in [3.05, 3.63) is 58.6 Å². The molecule has 0 aliphatic carbocycles. The molecular formula is C34H54N2O14. The first-order valence-corrected chi connectivity index (χ1v) is 16.8. The van der Waals surface area contributed by atoms with Crippen LogP contribution in [0.5, 0.6) is 11.5 Å². The first-order chi connectivity index (χ1) is 24.7. The third-order valence-corrected chi connectivity index (χ3v) is 6.30. The average Bonchev–Trinajstić information content (AvgIpc) is 3.12. The third-order valence-electron chi connectivity index (χ3n) is 6.30. The maximum absolute atomic E-state index is 10.6. The zero-order valence-electron chi connectivity index (χ0n) is 28.9. The number of rotatable bonds is 36. The van der Waals surface area contributed by atoms with Crippen molar-refractivity contribution in [1.82, 2.24) is 0 Å². The van der Waals surface area contributed by atoms with Crippen molar-refractivity contribution in [2.24, 2.45) is 0 Å². The molecule has 2 aromatic carbocycles. The zero-order chi connectivity index (χ0) is 35.6. The molecule has 284 valence electrons. The van der Waals surface area contributed by atoms with E-state index in [4.69, 9.17) is 62.6 Å². The second-order valence-electron chi connectivity index (χ2n) is 10.1. The summed E-state index contributed by atoms with van der Waals surface area (Å²) in [6.45, 7) is 10.2. The number of hydrogen-bond donors (Lipinski definition) is 1. The van der Waals surface area contributed by atoms with Crippen molar-refractivity contribution in [3.63, 3.8) is 0 Å². The summed E-state index contributed by atoms with van der Waals surface area (Å²) in [5.41, 5.74) is 6.45. The number of benzene rings is 2. The number of para-hydroxylation sites is 2. The van der Waals surface area contributed by atoms with Crippen LogP contribution in [0.2, 0.25) is 0 Å². The van der Waals surface area contributed by atoms with E-state index in [1.165, 1.54) is 12.1 Å². The highest BCUT2D eigenvalue weighted by Gasteiger charge is 2.04. The molecule has 0 radical (unpaired) electrons. The molecule has 0 atom stereocenters. The Bertz CT molecular complexity index is 1070. The van der Waals surface area contributed by atoms with Gasteiger partial charge in [0, 0.05) is 12.1 Å². The van der Waals surface area contributed by atoms with Crippen molar-refractivity contribution in [3.8, 4) is 11.5 Å². The van der Waals surface area contributed by atoms with Gasteiger partial charge in [-0.2, -0.15) is 0 Å². The first-order valence-electron chi connectivity index (χ1n) is 16.8. The van der Waals surface area contributed by atoms with Crippen LogP contribution in [-0.2, 0) is 47.4 Å². The van der Waals surface area contributed by atoms with Crippen molar-refractivity contribution in [2.45, 2.75) is 0 Å². The normalized spacial score (nSPS) is 11.2. The van der Waals surface area contributed by atoms with Gasteiger partial charge in [0.25, 0.3) is 5.69 Å². The molecule has 2 rings (SSSR count). The van der Waals surface area contributed by atoms with Crippen molar-refractivity contribution in [2.75, 3.05) is 151 Å². The Morgan fingerprint density at radius 1 is 0.420 bits per heavy atom. The Labute approximate surface area is 294 Å². The number of anilines is 1. The largest absolute Gasteiger partial charge is 0.491 e. The molecule has 2 aromatic rings.